The summed E-state index contributed by atoms with van der Waals surface area (Å²) in [5, 5.41) is 0. The summed E-state index contributed by atoms with van der Waals surface area (Å²) >= 11 is 2.33. The molecule has 90 valence electrons. The van der Waals surface area contributed by atoms with E-state index in [1.807, 2.05) is 19.1 Å². The van der Waals surface area contributed by atoms with Crippen molar-refractivity contribution in [3.63, 3.8) is 0 Å². The van der Waals surface area contributed by atoms with Crippen LogP contribution in [0.1, 0.15) is 24.5 Å². The van der Waals surface area contributed by atoms with Crippen LogP contribution < -0.4 is 0 Å². The van der Waals surface area contributed by atoms with Crippen LogP contribution in [0.4, 0.5) is 0 Å². The summed E-state index contributed by atoms with van der Waals surface area (Å²) in [5.41, 5.74) is 3.28. The fourth-order valence-corrected chi connectivity index (χ4v) is 2.74. The van der Waals surface area contributed by atoms with Crippen LogP contribution in [0.5, 0.6) is 0 Å². The van der Waals surface area contributed by atoms with E-state index in [1.165, 1.54) is 9.13 Å². The number of ether oxygens (including phenoxy) is 1. The number of esters is 1. The van der Waals surface area contributed by atoms with Gasteiger partial charge in [0.05, 0.1) is 18.7 Å². The van der Waals surface area contributed by atoms with Crippen LogP contribution in [0.15, 0.2) is 23.2 Å². The van der Waals surface area contributed by atoms with Gasteiger partial charge < -0.3 is 4.74 Å². The molecular weight excluding hydrogens is 329 g/mol. The van der Waals surface area contributed by atoms with E-state index in [0.717, 1.165) is 24.2 Å². The highest BCUT2D eigenvalue weighted by Crippen LogP contribution is 2.23. The number of nitrogens with zero attached hydrogens (tertiary/aromatic N) is 1. The molecule has 1 aromatic rings. The molecule has 0 unspecified atom stereocenters. The Morgan fingerprint density at radius 1 is 1.53 bits per heavy atom. The Morgan fingerprint density at radius 3 is 3.12 bits per heavy atom. The largest absolute Gasteiger partial charge is 0.466 e. The molecule has 0 fully saturated rings. The fourth-order valence-electron chi connectivity index (χ4n) is 1.97. The molecule has 0 spiro atoms. The minimum Gasteiger partial charge on any atom is -0.466 e. The highest BCUT2D eigenvalue weighted by atomic mass is 127. The SMILES string of the molecule is CCOC(=O)CC1=NCCc2c(I)cccc21. The number of halogens is 1. The summed E-state index contributed by atoms with van der Waals surface area (Å²) in [6.45, 7) is 3.00. The molecule has 0 N–H and O–H groups in total. The first kappa shape index (κ1) is 12.5. The molecule has 0 amide bonds. The quantitative estimate of drug-likeness (QED) is 0.625. The van der Waals surface area contributed by atoms with Crippen molar-refractivity contribution in [2.75, 3.05) is 13.2 Å². The molecule has 1 aliphatic heterocycles. The Hall–Kier alpha value is -0.910. The lowest BCUT2D eigenvalue weighted by molar-refractivity contribution is -0.141. The minimum atomic E-state index is -0.196. The maximum Gasteiger partial charge on any atom is 0.311 e. The number of hydrogen-bond donors (Lipinski definition) is 0. The van der Waals surface area contributed by atoms with E-state index in [-0.39, 0.29) is 12.4 Å². The van der Waals surface area contributed by atoms with Crippen molar-refractivity contribution in [1.82, 2.24) is 0 Å². The summed E-state index contributed by atoms with van der Waals surface area (Å²) in [5.74, 6) is -0.196. The van der Waals surface area contributed by atoms with Gasteiger partial charge in [-0.15, -0.1) is 0 Å². The first-order valence-corrected chi connectivity index (χ1v) is 6.77. The molecule has 1 heterocycles. The molecule has 0 bridgehead atoms. The standard InChI is InChI=1S/C13H14INO2/c1-2-17-13(16)8-12-10-4-3-5-11(14)9(10)6-7-15-12/h3-5H,2,6-8H2,1H3. The zero-order chi connectivity index (χ0) is 12.3. The smallest absolute Gasteiger partial charge is 0.311 e. The molecule has 0 aromatic heterocycles. The summed E-state index contributed by atoms with van der Waals surface area (Å²) < 4.78 is 6.21. The van der Waals surface area contributed by atoms with Gasteiger partial charge >= 0.3 is 5.97 Å². The molecule has 0 aliphatic carbocycles. The van der Waals surface area contributed by atoms with Gasteiger partial charge in [-0.3, -0.25) is 9.79 Å². The van der Waals surface area contributed by atoms with Crippen LogP contribution in [0.2, 0.25) is 0 Å². The van der Waals surface area contributed by atoms with Crippen LogP contribution in [0.25, 0.3) is 0 Å². The first-order chi connectivity index (χ1) is 8.22. The van der Waals surface area contributed by atoms with Crippen LogP contribution in [0, 0.1) is 3.57 Å². The van der Waals surface area contributed by atoms with Gasteiger partial charge in [-0.1, -0.05) is 12.1 Å². The third-order valence-electron chi connectivity index (χ3n) is 2.71. The Bertz CT molecular complexity index is 468. The van der Waals surface area contributed by atoms with Gasteiger partial charge in [0, 0.05) is 15.7 Å². The van der Waals surface area contributed by atoms with E-state index in [2.05, 4.69) is 33.6 Å². The van der Waals surface area contributed by atoms with Crippen LogP contribution >= 0.6 is 22.6 Å². The monoisotopic (exact) mass is 343 g/mol. The number of aliphatic imine (C=N–C) groups is 1. The molecule has 0 saturated heterocycles. The molecule has 2 rings (SSSR count). The third kappa shape index (κ3) is 2.86. The van der Waals surface area contributed by atoms with Crippen molar-refractivity contribution in [2.24, 2.45) is 4.99 Å². The highest BCUT2D eigenvalue weighted by molar-refractivity contribution is 14.1. The van der Waals surface area contributed by atoms with Crippen molar-refractivity contribution in [3.05, 3.63) is 32.9 Å². The number of carbonyl (C=O) groups excluding carboxylic acids is 1. The summed E-state index contributed by atoms with van der Waals surface area (Å²) in [7, 11) is 0. The Kier molecular flexibility index (Phi) is 4.15. The maximum absolute atomic E-state index is 11.5. The van der Waals surface area contributed by atoms with Crippen LogP contribution in [-0.4, -0.2) is 24.8 Å². The minimum absolute atomic E-state index is 0.196. The molecule has 1 aromatic carbocycles. The predicted molar refractivity (Wildman–Crippen MR) is 75.5 cm³/mol. The molecule has 0 radical (unpaired) electrons. The van der Waals surface area contributed by atoms with E-state index < -0.39 is 0 Å². The molecule has 17 heavy (non-hydrogen) atoms. The zero-order valence-corrected chi connectivity index (χ0v) is 11.9. The van der Waals surface area contributed by atoms with Crippen molar-refractivity contribution in [2.45, 2.75) is 19.8 Å². The second-order valence-corrected chi connectivity index (χ2v) is 4.99. The maximum atomic E-state index is 11.5. The van der Waals surface area contributed by atoms with E-state index in [9.17, 15) is 4.79 Å². The molecule has 4 heteroatoms. The van der Waals surface area contributed by atoms with Crippen LogP contribution in [-0.2, 0) is 16.0 Å². The fraction of sp³-hybridized carbons (Fsp3) is 0.385. The van der Waals surface area contributed by atoms with Gasteiger partial charge in [-0.2, -0.15) is 0 Å². The Morgan fingerprint density at radius 2 is 2.35 bits per heavy atom. The summed E-state index contributed by atoms with van der Waals surface area (Å²) in [6, 6.07) is 6.13. The van der Waals surface area contributed by atoms with E-state index in [1.54, 1.807) is 0 Å². The topological polar surface area (TPSA) is 38.7 Å². The summed E-state index contributed by atoms with van der Waals surface area (Å²) in [6.07, 6.45) is 1.24. The number of hydrogen-bond acceptors (Lipinski definition) is 3. The van der Waals surface area contributed by atoms with Crippen molar-refractivity contribution in [1.29, 1.82) is 0 Å². The number of carbonyl (C=O) groups is 1. The van der Waals surface area contributed by atoms with Gasteiger partial charge in [0.25, 0.3) is 0 Å². The second kappa shape index (κ2) is 5.62. The molecule has 1 aliphatic rings. The lowest BCUT2D eigenvalue weighted by Crippen LogP contribution is -2.18. The van der Waals surface area contributed by atoms with E-state index >= 15 is 0 Å². The van der Waals surface area contributed by atoms with Gasteiger partial charge in [0.2, 0.25) is 0 Å². The van der Waals surface area contributed by atoms with E-state index in [0.29, 0.717) is 6.61 Å². The van der Waals surface area contributed by atoms with Gasteiger partial charge in [0.1, 0.15) is 0 Å². The molecule has 3 nitrogen and oxygen atoms in total. The summed E-state index contributed by atoms with van der Waals surface area (Å²) in [4.78, 5) is 15.9. The number of fused-ring (bicyclic) bond motifs is 1. The molecular formula is C13H14INO2. The Labute approximate surface area is 114 Å². The predicted octanol–water partition coefficient (Wildman–Crippen LogP) is 2.59. The molecule has 0 atom stereocenters. The molecule has 0 saturated carbocycles. The van der Waals surface area contributed by atoms with Crippen molar-refractivity contribution in [3.8, 4) is 0 Å². The second-order valence-electron chi connectivity index (χ2n) is 3.83. The highest BCUT2D eigenvalue weighted by Gasteiger charge is 2.18. The van der Waals surface area contributed by atoms with Gasteiger partial charge in [-0.25, -0.2) is 0 Å². The van der Waals surface area contributed by atoms with Gasteiger partial charge in [0.15, 0.2) is 0 Å². The number of rotatable bonds is 3. The zero-order valence-electron chi connectivity index (χ0n) is 9.70. The van der Waals surface area contributed by atoms with Gasteiger partial charge in [-0.05, 0) is 47.6 Å². The Balaban J connectivity index is 2.24. The normalized spacial score (nSPS) is 13.9. The lowest BCUT2D eigenvalue weighted by atomic mass is 9.96. The number of benzene rings is 1. The average molecular weight is 343 g/mol. The average Bonchev–Trinajstić information content (AvgIpc) is 2.31. The van der Waals surface area contributed by atoms with E-state index in [4.69, 9.17) is 4.74 Å². The first-order valence-electron chi connectivity index (χ1n) is 5.69. The van der Waals surface area contributed by atoms with Crippen LogP contribution in [0.3, 0.4) is 0 Å². The van der Waals surface area contributed by atoms with Crippen molar-refractivity contribution >= 4 is 34.3 Å². The lowest BCUT2D eigenvalue weighted by Gasteiger charge is -2.17. The third-order valence-corrected chi connectivity index (χ3v) is 3.72. The van der Waals surface area contributed by atoms with Crippen molar-refractivity contribution < 1.29 is 9.53 Å².